The summed E-state index contributed by atoms with van der Waals surface area (Å²) < 4.78 is 11.4. The summed E-state index contributed by atoms with van der Waals surface area (Å²) in [6.07, 6.45) is 2.39. The van der Waals surface area contributed by atoms with Gasteiger partial charge in [0.15, 0.2) is 5.96 Å². The first-order valence-electron chi connectivity index (χ1n) is 10.4. The van der Waals surface area contributed by atoms with Crippen molar-refractivity contribution in [3.8, 4) is 0 Å². The minimum atomic E-state index is 0. The molecule has 1 fully saturated rings. The Morgan fingerprint density at radius 1 is 1.10 bits per heavy atom. The van der Waals surface area contributed by atoms with Crippen LogP contribution in [0.1, 0.15) is 41.2 Å². The molecule has 3 rings (SSSR count). The summed E-state index contributed by atoms with van der Waals surface area (Å²) in [5, 5.41) is 6.93. The fourth-order valence-electron chi connectivity index (χ4n) is 3.83. The zero-order chi connectivity index (χ0) is 20.5. The first kappa shape index (κ1) is 24.6. The van der Waals surface area contributed by atoms with Crippen LogP contribution < -0.4 is 10.6 Å². The maximum atomic E-state index is 6.14. The standard InChI is InChI=1S/C24H33N3O2.HI/c1-18-10-12-19(13-11-18)23-21(9-6-14-29-23)16-27-24(25-2)26-15-20-7-4-5-8-22(20)17-28-3;/h4-5,7-8,10-13,21,23H,6,9,14-17H2,1-3H3,(H2,25,26,27);1H. The highest BCUT2D eigenvalue weighted by atomic mass is 127. The smallest absolute Gasteiger partial charge is 0.191 e. The Morgan fingerprint density at radius 3 is 2.53 bits per heavy atom. The number of aryl methyl sites for hydroxylation is 1. The molecule has 1 aliphatic rings. The Morgan fingerprint density at radius 2 is 1.83 bits per heavy atom. The fraction of sp³-hybridized carbons (Fsp3) is 0.458. The van der Waals surface area contributed by atoms with Gasteiger partial charge < -0.3 is 20.1 Å². The fourth-order valence-corrected chi connectivity index (χ4v) is 3.83. The molecule has 2 unspecified atom stereocenters. The third-order valence-electron chi connectivity index (χ3n) is 5.47. The number of ether oxygens (including phenoxy) is 2. The van der Waals surface area contributed by atoms with E-state index in [0.717, 1.165) is 32.0 Å². The van der Waals surface area contributed by atoms with Gasteiger partial charge in [0.1, 0.15) is 0 Å². The van der Waals surface area contributed by atoms with Crippen molar-refractivity contribution < 1.29 is 9.47 Å². The van der Waals surface area contributed by atoms with Crippen molar-refractivity contribution in [2.45, 2.75) is 39.0 Å². The second kappa shape index (κ2) is 12.9. The molecule has 1 heterocycles. The topological polar surface area (TPSA) is 54.9 Å². The van der Waals surface area contributed by atoms with Crippen molar-refractivity contribution in [3.05, 3.63) is 70.8 Å². The number of guanidine groups is 1. The first-order chi connectivity index (χ1) is 14.2. The van der Waals surface area contributed by atoms with Gasteiger partial charge in [-0.25, -0.2) is 0 Å². The summed E-state index contributed by atoms with van der Waals surface area (Å²) in [5.41, 5.74) is 4.95. The number of hydrogen-bond donors (Lipinski definition) is 2. The Kier molecular flexibility index (Phi) is 10.6. The van der Waals surface area contributed by atoms with Gasteiger partial charge in [0.25, 0.3) is 0 Å². The number of nitrogens with one attached hydrogen (secondary N) is 2. The molecule has 2 aromatic rings. The summed E-state index contributed by atoms with van der Waals surface area (Å²) in [5.74, 6) is 1.23. The van der Waals surface area contributed by atoms with E-state index in [9.17, 15) is 0 Å². The van der Waals surface area contributed by atoms with Crippen molar-refractivity contribution in [1.29, 1.82) is 0 Å². The minimum Gasteiger partial charge on any atom is -0.380 e. The zero-order valence-corrected chi connectivity index (χ0v) is 20.5. The third kappa shape index (κ3) is 6.96. The summed E-state index contributed by atoms with van der Waals surface area (Å²) in [6, 6.07) is 17.0. The van der Waals surface area contributed by atoms with Crippen LogP contribution in [0.2, 0.25) is 0 Å². The average Bonchev–Trinajstić information content (AvgIpc) is 2.76. The number of hydrogen-bond acceptors (Lipinski definition) is 3. The van der Waals surface area contributed by atoms with E-state index in [0.29, 0.717) is 19.1 Å². The second-order valence-corrected chi connectivity index (χ2v) is 7.61. The van der Waals surface area contributed by atoms with Gasteiger partial charge in [-0.2, -0.15) is 0 Å². The predicted octanol–water partition coefficient (Wildman–Crippen LogP) is 4.59. The minimum absolute atomic E-state index is 0. The molecule has 6 heteroatoms. The van der Waals surface area contributed by atoms with Gasteiger partial charge in [-0.3, -0.25) is 4.99 Å². The molecular formula is C24H34IN3O2. The molecule has 0 bridgehead atoms. The van der Waals surface area contributed by atoms with E-state index in [4.69, 9.17) is 9.47 Å². The molecule has 1 aliphatic heterocycles. The van der Waals surface area contributed by atoms with Crippen LogP contribution >= 0.6 is 24.0 Å². The molecule has 0 spiro atoms. The Bertz CT molecular complexity index is 795. The van der Waals surface area contributed by atoms with Crippen LogP contribution in [-0.4, -0.2) is 33.3 Å². The lowest BCUT2D eigenvalue weighted by atomic mass is 9.89. The van der Waals surface area contributed by atoms with Crippen LogP contribution in [0.3, 0.4) is 0 Å². The van der Waals surface area contributed by atoms with Gasteiger partial charge in [-0.05, 0) is 36.5 Å². The average molecular weight is 523 g/mol. The van der Waals surface area contributed by atoms with E-state index < -0.39 is 0 Å². The summed E-state index contributed by atoms with van der Waals surface area (Å²) in [7, 11) is 3.53. The van der Waals surface area contributed by atoms with E-state index in [-0.39, 0.29) is 30.1 Å². The molecule has 30 heavy (non-hydrogen) atoms. The first-order valence-corrected chi connectivity index (χ1v) is 10.4. The summed E-state index contributed by atoms with van der Waals surface area (Å²) in [6.45, 7) is 5.10. The molecule has 2 atom stereocenters. The SMILES string of the molecule is CN=C(NCc1ccccc1COC)NCC1CCCOC1c1ccc(C)cc1.I. The van der Waals surface area contributed by atoms with Crippen LogP contribution in [0.25, 0.3) is 0 Å². The lowest BCUT2D eigenvalue weighted by Crippen LogP contribution is -2.41. The van der Waals surface area contributed by atoms with E-state index in [1.165, 1.54) is 22.3 Å². The van der Waals surface area contributed by atoms with Crippen molar-refractivity contribution in [1.82, 2.24) is 10.6 Å². The molecular weight excluding hydrogens is 489 g/mol. The quantitative estimate of drug-likeness (QED) is 0.317. The van der Waals surface area contributed by atoms with Crippen LogP contribution in [0, 0.1) is 12.8 Å². The number of nitrogens with zero attached hydrogens (tertiary/aromatic N) is 1. The van der Waals surface area contributed by atoms with Gasteiger partial charge in [-0.1, -0.05) is 54.1 Å². The monoisotopic (exact) mass is 523 g/mol. The number of halogens is 1. The van der Waals surface area contributed by atoms with Crippen LogP contribution in [0.4, 0.5) is 0 Å². The van der Waals surface area contributed by atoms with E-state index in [2.05, 4.69) is 65.0 Å². The van der Waals surface area contributed by atoms with Crippen molar-refractivity contribution in [2.75, 3.05) is 27.3 Å². The van der Waals surface area contributed by atoms with Crippen LogP contribution in [-0.2, 0) is 22.6 Å². The Hall–Kier alpha value is -1.64. The van der Waals surface area contributed by atoms with E-state index >= 15 is 0 Å². The van der Waals surface area contributed by atoms with Gasteiger partial charge in [0.2, 0.25) is 0 Å². The highest BCUT2D eigenvalue weighted by molar-refractivity contribution is 14.0. The molecule has 1 saturated heterocycles. The van der Waals surface area contributed by atoms with E-state index in [1.807, 2.05) is 13.1 Å². The van der Waals surface area contributed by atoms with Crippen molar-refractivity contribution in [3.63, 3.8) is 0 Å². The Balaban J connectivity index is 0.00000320. The van der Waals surface area contributed by atoms with Gasteiger partial charge >= 0.3 is 0 Å². The normalized spacial score (nSPS) is 19.1. The van der Waals surface area contributed by atoms with Gasteiger partial charge in [-0.15, -0.1) is 24.0 Å². The maximum absolute atomic E-state index is 6.14. The molecule has 164 valence electrons. The molecule has 0 aliphatic carbocycles. The lowest BCUT2D eigenvalue weighted by Gasteiger charge is -2.32. The number of aliphatic imine (C=N–C) groups is 1. The highest BCUT2D eigenvalue weighted by Crippen LogP contribution is 2.33. The number of rotatable bonds is 7. The molecule has 2 aromatic carbocycles. The van der Waals surface area contributed by atoms with Gasteiger partial charge in [0, 0.05) is 39.8 Å². The number of methoxy groups -OCH3 is 1. The zero-order valence-electron chi connectivity index (χ0n) is 18.2. The van der Waals surface area contributed by atoms with Crippen LogP contribution in [0.5, 0.6) is 0 Å². The lowest BCUT2D eigenvalue weighted by molar-refractivity contribution is -0.0265. The molecule has 0 amide bonds. The summed E-state index contributed by atoms with van der Waals surface area (Å²) in [4.78, 5) is 4.39. The van der Waals surface area contributed by atoms with Crippen molar-refractivity contribution in [2.24, 2.45) is 10.9 Å². The third-order valence-corrected chi connectivity index (χ3v) is 5.47. The molecule has 2 N–H and O–H groups in total. The molecule has 5 nitrogen and oxygen atoms in total. The summed E-state index contributed by atoms with van der Waals surface area (Å²) >= 11 is 0. The maximum Gasteiger partial charge on any atom is 0.191 e. The van der Waals surface area contributed by atoms with Crippen molar-refractivity contribution >= 4 is 29.9 Å². The van der Waals surface area contributed by atoms with Gasteiger partial charge in [0.05, 0.1) is 12.7 Å². The molecule has 0 saturated carbocycles. The van der Waals surface area contributed by atoms with E-state index in [1.54, 1.807) is 7.11 Å². The van der Waals surface area contributed by atoms with Crippen LogP contribution in [0.15, 0.2) is 53.5 Å². The highest BCUT2D eigenvalue weighted by Gasteiger charge is 2.27. The molecule has 0 radical (unpaired) electrons. The largest absolute Gasteiger partial charge is 0.380 e. The number of benzene rings is 2. The second-order valence-electron chi connectivity index (χ2n) is 7.61. The Labute approximate surface area is 197 Å². The molecule has 0 aromatic heterocycles. The predicted molar refractivity (Wildman–Crippen MR) is 133 cm³/mol.